The number of amides is 4. The summed E-state index contributed by atoms with van der Waals surface area (Å²) in [5.74, 6) is -2.87. The number of carbonyl (C=O) groups is 3. The lowest BCUT2D eigenvalue weighted by Crippen LogP contribution is -2.30. The minimum Gasteiger partial charge on any atom is -0.269 e. The Balaban J connectivity index is 2.45. The fraction of sp³-hybridized carbons (Fsp3) is 0. The van der Waals surface area contributed by atoms with Crippen LogP contribution in [0, 0.1) is 5.82 Å². The van der Waals surface area contributed by atoms with E-state index in [9.17, 15) is 18.8 Å². The number of hydrogen-bond acceptors (Lipinski definition) is 3. The summed E-state index contributed by atoms with van der Waals surface area (Å²) in [6, 6.07) is 2.45. The number of halogens is 2. The Bertz CT molecular complexity index is 517. The molecule has 82 valence electrons. The Labute approximate surface area is 93.8 Å². The molecule has 1 N–H and O–H groups in total. The number of nitrogens with zero attached hydrogens (tertiary/aromatic N) is 1. The summed E-state index contributed by atoms with van der Waals surface area (Å²) in [5.41, 5.74) is -0.0461. The molecular formula is C9H4ClFN2O3. The molecule has 0 radical (unpaired) electrons. The first-order valence-electron chi connectivity index (χ1n) is 4.15. The van der Waals surface area contributed by atoms with Crippen molar-refractivity contribution < 1.29 is 18.8 Å². The summed E-state index contributed by atoms with van der Waals surface area (Å²) in [7, 11) is 0. The van der Waals surface area contributed by atoms with Crippen LogP contribution < -0.4 is 10.2 Å². The van der Waals surface area contributed by atoms with Crippen molar-refractivity contribution in [3.63, 3.8) is 0 Å². The summed E-state index contributed by atoms with van der Waals surface area (Å²) in [4.78, 5) is 33.9. The lowest BCUT2D eigenvalue weighted by Gasteiger charge is -2.11. The van der Waals surface area contributed by atoms with Crippen molar-refractivity contribution in [2.24, 2.45) is 0 Å². The van der Waals surface area contributed by atoms with E-state index in [0.717, 1.165) is 6.07 Å². The number of carbonyl (C=O) groups excluding carboxylic acids is 3. The highest BCUT2D eigenvalue weighted by atomic mass is 35.5. The number of anilines is 1. The van der Waals surface area contributed by atoms with E-state index < -0.39 is 23.7 Å². The van der Waals surface area contributed by atoms with E-state index in [-0.39, 0.29) is 10.7 Å². The van der Waals surface area contributed by atoms with Gasteiger partial charge in [-0.2, -0.15) is 0 Å². The number of hydrogen-bond donors (Lipinski definition) is 1. The van der Waals surface area contributed by atoms with Gasteiger partial charge in [-0.05, 0) is 18.2 Å². The fourth-order valence-electron chi connectivity index (χ4n) is 1.26. The van der Waals surface area contributed by atoms with Crippen LogP contribution in [0.1, 0.15) is 0 Å². The summed E-state index contributed by atoms with van der Waals surface area (Å²) in [6.45, 7) is 0. The quantitative estimate of drug-likeness (QED) is 0.592. The first kappa shape index (κ1) is 10.6. The molecular weight excluding hydrogens is 239 g/mol. The minimum absolute atomic E-state index is 0.0461. The zero-order valence-electron chi connectivity index (χ0n) is 7.66. The van der Waals surface area contributed by atoms with Gasteiger partial charge >= 0.3 is 17.8 Å². The largest absolute Gasteiger partial charge is 0.336 e. The average molecular weight is 243 g/mol. The van der Waals surface area contributed by atoms with Crippen molar-refractivity contribution in [3.05, 3.63) is 29.0 Å². The first-order valence-corrected chi connectivity index (χ1v) is 4.53. The molecule has 0 atom stereocenters. The standard InChI is InChI=1S/C9H4ClFN2O3/c10-5-2-1-4(3-6(5)11)13-8(15)7(14)12-9(13)16/h1-3H,(H,12,14,16). The Hall–Kier alpha value is -1.95. The maximum atomic E-state index is 13.1. The van der Waals surface area contributed by atoms with Gasteiger partial charge in [0.15, 0.2) is 0 Å². The predicted molar refractivity (Wildman–Crippen MR) is 52.4 cm³/mol. The molecule has 4 amide bonds. The summed E-state index contributed by atoms with van der Waals surface area (Å²) >= 11 is 5.44. The molecule has 5 nitrogen and oxygen atoms in total. The molecule has 7 heteroatoms. The third kappa shape index (κ3) is 1.53. The van der Waals surface area contributed by atoms with Gasteiger partial charge in [-0.25, -0.2) is 14.1 Å². The second-order valence-electron chi connectivity index (χ2n) is 3.00. The van der Waals surface area contributed by atoms with Crippen LogP contribution in [-0.2, 0) is 9.59 Å². The predicted octanol–water partition coefficient (Wildman–Crippen LogP) is 1.06. The summed E-state index contributed by atoms with van der Waals surface area (Å²) in [6.07, 6.45) is 0. The molecule has 0 aliphatic carbocycles. The second kappa shape index (κ2) is 3.57. The smallest absolute Gasteiger partial charge is 0.269 e. The normalized spacial score (nSPS) is 15.6. The van der Waals surface area contributed by atoms with Gasteiger partial charge in [-0.3, -0.25) is 14.9 Å². The van der Waals surface area contributed by atoms with Crippen LogP contribution in [0.4, 0.5) is 14.9 Å². The molecule has 2 rings (SSSR count). The molecule has 1 aliphatic rings. The van der Waals surface area contributed by atoms with Crippen molar-refractivity contribution in [2.75, 3.05) is 4.90 Å². The molecule has 0 spiro atoms. The Morgan fingerprint density at radius 1 is 1.25 bits per heavy atom. The van der Waals surface area contributed by atoms with E-state index in [1.165, 1.54) is 12.1 Å². The number of rotatable bonds is 1. The number of imide groups is 2. The monoisotopic (exact) mass is 242 g/mol. The maximum Gasteiger partial charge on any atom is 0.336 e. The fourth-order valence-corrected chi connectivity index (χ4v) is 1.38. The Morgan fingerprint density at radius 3 is 2.44 bits per heavy atom. The SMILES string of the molecule is O=C1NC(=O)N(c2ccc(Cl)c(F)c2)C1=O. The van der Waals surface area contributed by atoms with E-state index in [0.29, 0.717) is 4.90 Å². The zero-order valence-corrected chi connectivity index (χ0v) is 8.42. The van der Waals surface area contributed by atoms with Gasteiger partial charge in [-0.15, -0.1) is 0 Å². The average Bonchev–Trinajstić information content (AvgIpc) is 2.47. The minimum atomic E-state index is -1.05. The molecule has 0 aromatic heterocycles. The molecule has 1 aromatic rings. The molecule has 1 heterocycles. The highest BCUT2D eigenvalue weighted by molar-refractivity contribution is 6.53. The Kier molecular flexibility index (Phi) is 2.35. The topological polar surface area (TPSA) is 66.5 Å². The van der Waals surface area contributed by atoms with Crippen LogP contribution >= 0.6 is 11.6 Å². The molecule has 0 bridgehead atoms. The van der Waals surface area contributed by atoms with Gasteiger partial charge in [0.05, 0.1) is 10.7 Å². The van der Waals surface area contributed by atoms with Gasteiger partial charge in [0.25, 0.3) is 0 Å². The first-order chi connectivity index (χ1) is 7.50. The molecule has 0 unspecified atom stereocenters. The lowest BCUT2D eigenvalue weighted by atomic mass is 10.3. The van der Waals surface area contributed by atoms with Crippen LogP contribution in [0.3, 0.4) is 0 Å². The van der Waals surface area contributed by atoms with Crippen molar-refractivity contribution in [1.29, 1.82) is 0 Å². The molecule has 1 fully saturated rings. The summed E-state index contributed by atoms with van der Waals surface area (Å²) < 4.78 is 13.1. The van der Waals surface area contributed by atoms with Crippen molar-refractivity contribution in [3.8, 4) is 0 Å². The highest BCUT2D eigenvalue weighted by Crippen LogP contribution is 2.23. The van der Waals surface area contributed by atoms with Crippen LogP contribution in [-0.4, -0.2) is 17.8 Å². The molecule has 0 saturated carbocycles. The van der Waals surface area contributed by atoms with E-state index in [1.807, 2.05) is 0 Å². The van der Waals surface area contributed by atoms with E-state index in [4.69, 9.17) is 11.6 Å². The van der Waals surface area contributed by atoms with Crippen LogP contribution in [0.15, 0.2) is 18.2 Å². The van der Waals surface area contributed by atoms with Gasteiger partial charge in [0, 0.05) is 0 Å². The van der Waals surface area contributed by atoms with E-state index >= 15 is 0 Å². The van der Waals surface area contributed by atoms with Crippen molar-refractivity contribution in [2.45, 2.75) is 0 Å². The second-order valence-corrected chi connectivity index (χ2v) is 3.41. The van der Waals surface area contributed by atoms with Crippen molar-refractivity contribution in [1.82, 2.24) is 5.32 Å². The third-order valence-corrected chi connectivity index (χ3v) is 2.29. The third-order valence-electron chi connectivity index (χ3n) is 1.98. The van der Waals surface area contributed by atoms with Gasteiger partial charge in [0.1, 0.15) is 5.82 Å². The maximum absolute atomic E-state index is 13.1. The van der Waals surface area contributed by atoms with Gasteiger partial charge in [-0.1, -0.05) is 11.6 Å². The zero-order chi connectivity index (χ0) is 11.9. The van der Waals surface area contributed by atoms with Gasteiger partial charge in [0.2, 0.25) is 0 Å². The number of nitrogens with one attached hydrogen (secondary N) is 1. The van der Waals surface area contributed by atoms with Crippen LogP contribution in [0.5, 0.6) is 0 Å². The molecule has 1 aromatic carbocycles. The van der Waals surface area contributed by atoms with Crippen molar-refractivity contribution >= 4 is 35.1 Å². The summed E-state index contributed by atoms with van der Waals surface area (Å²) in [5, 5.41) is 1.66. The highest BCUT2D eigenvalue weighted by Gasteiger charge is 2.38. The molecule has 16 heavy (non-hydrogen) atoms. The lowest BCUT2D eigenvalue weighted by molar-refractivity contribution is -0.134. The van der Waals surface area contributed by atoms with E-state index in [2.05, 4.69) is 0 Å². The van der Waals surface area contributed by atoms with Gasteiger partial charge < -0.3 is 0 Å². The van der Waals surface area contributed by atoms with Crippen LogP contribution in [0.25, 0.3) is 0 Å². The Morgan fingerprint density at radius 2 is 1.94 bits per heavy atom. The number of benzene rings is 1. The number of urea groups is 1. The van der Waals surface area contributed by atoms with Crippen LogP contribution in [0.2, 0.25) is 5.02 Å². The molecule has 1 saturated heterocycles. The molecule has 1 aliphatic heterocycles. The van der Waals surface area contributed by atoms with E-state index in [1.54, 1.807) is 5.32 Å².